The van der Waals surface area contributed by atoms with Crippen molar-refractivity contribution in [1.29, 1.82) is 0 Å². The summed E-state index contributed by atoms with van der Waals surface area (Å²) in [5.74, 6) is 15.2. The third-order valence-electron chi connectivity index (χ3n) is 26.0. The minimum Gasteiger partial charge on any atom is -0.494 e. The third-order valence-corrected chi connectivity index (χ3v) is 26.0. The smallest absolute Gasteiger partial charge is 0.298 e. The van der Waals surface area contributed by atoms with Crippen LogP contribution in [0.2, 0.25) is 0 Å². The van der Waals surface area contributed by atoms with Crippen LogP contribution in [0.3, 0.4) is 0 Å². The molecule has 0 unspecified atom stereocenters. The van der Waals surface area contributed by atoms with E-state index < -0.39 is 17.5 Å². The number of carbonyl (C=O) groups excluding carboxylic acids is 4. The number of hydrogen-bond acceptors (Lipinski definition) is 19. The topological polar surface area (TPSA) is 267 Å². The van der Waals surface area contributed by atoms with Gasteiger partial charge in [0.05, 0.1) is 90.5 Å². The number of rotatable bonds is 22. The van der Waals surface area contributed by atoms with Gasteiger partial charge in [-0.05, 0) is 256 Å². The zero-order chi connectivity index (χ0) is 101. The highest BCUT2D eigenvalue weighted by molar-refractivity contribution is 5.94. The van der Waals surface area contributed by atoms with E-state index in [0.29, 0.717) is 87.3 Å². The van der Waals surface area contributed by atoms with Gasteiger partial charge >= 0.3 is 0 Å². The number of likely N-dealkylation sites (tertiary alicyclic amines) is 4. The van der Waals surface area contributed by atoms with Gasteiger partial charge in [0.2, 0.25) is 29.3 Å². The van der Waals surface area contributed by atoms with Crippen molar-refractivity contribution in [2.75, 3.05) is 73.7 Å². The Morgan fingerprint density at radius 3 is 1.02 bits per heavy atom. The van der Waals surface area contributed by atoms with Crippen LogP contribution in [0, 0.1) is 81.6 Å². The first-order valence-electron chi connectivity index (χ1n) is 47.4. The lowest BCUT2D eigenvalue weighted by Gasteiger charge is -2.31. The van der Waals surface area contributed by atoms with Gasteiger partial charge in [0.15, 0.2) is 46.1 Å². The van der Waals surface area contributed by atoms with Crippen LogP contribution in [-0.2, 0) is 25.6 Å². The van der Waals surface area contributed by atoms with Gasteiger partial charge in [0, 0.05) is 146 Å². The number of benzene rings is 8. The van der Waals surface area contributed by atoms with E-state index >= 15 is 0 Å². The van der Waals surface area contributed by atoms with E-state index in [-0.39, 0.29) is 116 Å². The maximum atomic E-state index is 14.6. The fourth-order valence-electron chi connectivity index (χ4n) is 18.8. The highest BCUT2D eigenvalue weighted by atomic mass is 19.1. The van der Waals surface area contributed by atoms with Crippen LogP contribution in [0.5, 0.6) is 63.2 Å². The first-order chi connectivity index (χ1) is 69.9. The summed E-state index contributed by atoms with van der Waals surface area (Å²) in [5, 5.41) is 0. The second-order valence-corrected chi connectivity index (χ2v) is 35.2. The highest BCUT2D eigenvalue weighted by Crippen LogP contribution is 2.43. The first-order valence-corrected chi connectivity index (χ1v) is 47.4. The average molecular weight is 1990 g/mol. The number of ether oxygens (including phenoxy) is 7. The molecule has 31 heteroatoms. The van der Waals surface area contributed by atoms with Gasteiger partial charge in [0.1, 0.15) is 46.3 Å². The fraction of sp³-hybridized carbons (Fsp3) is 0.276. The summed E-state index contributed by atoms with van der Waals surface area (Å²) in [6.45, 7) is 27.5. The molecule has 8 aromatic heterocycles. The fourth-order valence-corrected chi connectivity index (χ4v) is 18.8. The molecule has 16 aromatic rings. The molecular formula is C116H118F4N16O11. The molecule has 4 fully saturated rings. The molecule has 27 nitrogen and oxygen atoms in total. The van der Waals surface area contributed by atoms with Crippen molar-refractivity contribution in [3.63, 3.8) is 0 Å². The zero-order valence-electron chi connectivity index (χ0n) is 81.6. The van der Waals surface area contributed by atoms with Gasteiger partial charge in [-0.1, -0.05) is 84.5 Å². The minimum atomic E-state index is -0.552. The molecule has 4 aliphatic heterocycles. The number of piperidine rings is 1. The van der Waals surface area contributed by atoms with Gasteiger partial charge in [-0.15, -0.1) is 0 Å². The van der Waals surface area contributed by atoms with Crippen molar-refractivity contribution in [3.8, 4) is 132 Å². The summed E-state index contributed by atoms with van der Waals surface area (Å²) in [6, 6.07) is 49.1. The molecule has 0 saturated carbocycles. The monoisotopic (exact) mass is 1990 g/mol. The van der Waals surface area contributed by atoms with E-state index in [1.54, 1.807) is 134 Å². The normalized spacial score (nSPS) is 15.0. The van der Waals surface area contributed by atoms with E-state index in [2.05, 4.69) is 74.4 Å². The summed E-state index contributed by atoms with van der Waals surface area (Å²) in [5.41, 5.74) is 15.8. The van der Waals surface area contributed by atoms with Crippen LogP contribution in [0.1, 0.15) is 156 Å². The zero-order valence-corrected chi connectivity index (χ0v) is 81.6. The molecule has 12 heterocycles. The molecule has 0 aliphatic carbocycles. The summed E-state index contributed by atoms with van der Waals surface area (Å²) in [7, 11) is 4.25. The Labute approximate surface area is 852 Å². The molecule has 756 valence electrons. The Morgan fingerprint density at radius 2 is 0.673 bits per heavy atom. The molecule has 0 bridgehead atoms. The molecule has 4 aliphatic rings. The van der Waals surface area contributed by atoms with Crippen molar-refractivity contribution in [3.05, 3.63) is 319 Å². The quantitative estimate of drug-likeness (QED) is 0.0346. The average Bonchev–Trinajstić information content (AvgIpc) is 1.57. The van der Waals surface area contributed by atoms with Gasteiger partial charge in [0.25, 0.3) is 11.8 Å². The van der Waals surface area contributed by atoms with Crippen molar-refractivity contribution in [2.24, 2.45) is 0 Å². The van der Waals surface area contributed by atoms with Crippen LogP contribution in [0.25, 0.3) is 67.1 Å². The first kappa shape index (κ1) is 106. The van der Waals surface area contributed by atoms with Gasteiger partial charge in [-0.25, -0.2) is 24.3 Å². The number of methoxy groups -OCH3 is 3. The maximum Gasteiger partial charge on any atom is 0.298 e. The van der Waals surface area contributed by atoms with E-state index in [1.807, 2.05) is 154 Å². The number of carbonyl (C=O) groups is 4. The lowest BCUT2D eigenvalue weighted by atomic mass is 9.97. The van der Waals surface area contributed by atoms with Crippen molar-refractivity contribution >= 4 is 45.7 Å². The van der Waals surface area contributed by atoms with E-state index in [4.69, 9.17) is 53.1 Å². The molecule has 0 spiro atoms. The Hall–Kier alpha value is -17.0. The molecule has 8 aromatic carbocycles. The number of aryl methyl sites for hydroxylation is 6. The van der Waals surface area contributed by atoms with Crippen molar-refractivity contribution in [2.45, 2.75) is 140 Å². The lowest BCUT2D eigenvalue weighted by Crippen LogP contribution is -2.39. The number of hydrogen-bond donors (Lipinski definition) is 0. The predicted molar refractivity (Wildman–Crippen MR) is 560 cm³/mol. The number of nitrogens with zero attached hydrogens (tertiary/aromatic N) is 16. The summed E-state index contributed by atoms with van der Waals surface area (Å²) in [4.78, 5) is 94.1. The number of imidazole rings is 4. The Kier molecular flexibility index (Phi) is 33.9. The van der Waals surface area contributed by atoms with Crippen LogP contribution >= 0.6 is 0 Å². The second-order valence-electron chi connectivity index (χ2n) is 35.2. The molecule has 4 amide bonds. The molecule has 0 radical (unpaired) electrons. The van der Waals surface area contributed by atoms with Crippen molar-refractivity contribution < 1.29 is 69.9 Å². The molecular weight excluding hydrogens is 1870 g/mol. The van der Waals surface area contributed by atoms with Gasteiger partial charge in [-0.2, -0.15) is 13.2 Å². The molecule has 4 saturated heterocycles. The molecule has 4 atom stereocenters. The summed E-state index contributed by atoms with van der Waals surface area (Å²) < 4.78 is 105. The van der Waals surface area contributed by atoms with Crippen LogP contribution in [0.15, 0.2) is 239 Å². The number of amides is 4. The Bertz CT molecular complexity index is 7690. The predicted octanol–water partition coefficient (Wildman–Crippen LogP) is 23.4. The SMILES string of the molecule is C.C.C.C=CC(=O)N1CC[C@@H](c2nc(-c3ccc(Oc4cccc(CC)c4F)cc3)c3cncc(C)n23)C1.C=CC(=O)N1CC[C@@H](c2nc(-c3ccc(Oc4cccc(OC)c4F)cc3)c3c(C)ncc(C)n23)C1.CC#CC(=O)N1CCC[C@@H](c2nc(-c3ccc(Oc4cccc(OC)c4F)cc3)c3cncc(C)n23)C1.CC#CC(=O)N1CC[C@@H](c2nc(-c3ccc(Oc4cccc(OC)c4F)cc3)c3cncc(C)n23)C1. The standard InChI is InChI=1S/C29H27FN4O3.C28H27FN4O3.C28H25FN4O3.C28H27FN4O2.3CH4/c1-4-7-26(35)33-15-6-8-21(18-33)29-32-28(23-17-31-16-19(2)34(23)29)20-11-13-22(14-12-20)37-25-10-5-9-24(36-3)27(25)30;1-5-24(34)32-14-13-20(16-32)28-31-26(27-18(3)30-15-17(2)33(27)28)19-9-11-21(12-10-19)36-23-8-6-7-22(35-4)25(23)29;1-4-6-25(34)32-14-13-20(17-32)28-31-27(22-16-30-15-18(2)33(22)28)19-9-11-21(12-10-19)36-24-8-5-7-23(35-3)26(24)29;1-4-19-7-6-8-24(26(19)29)35-22-11-9-20(10-12-22)27-23-16-30-15-18(3)33(23)28(31-27)21-13-14-32(17-21)25(34)5-2;;;/h5,9-14,16-17,21H,6,8,15,18H2,1-3H3;5-12,15,20H,1,13-14,16H2,2-4H3;5,7-12,15-16,20H,13-14,17H2,1-3H3;5-12,15-16,21H,2,4,13-14,17H2,1,3H3;3*1H4/t21-;2*20-;21-;;;/m1111.../s1. The number of aromatic nitrogens is 12. The Morgan fingerprint density at radius 1 is 0.374 bits per heavy atom. The molecule has 0 N–H and O–H groups in total. The summed E-state index contributed by atoms with van der Waals surface area (Å²) >= 11 is 0. The van der Waals surface area contributed by atoms with E-state index in [0.717, 1.165) is 151 Å². The Balaban J connectivity index is 0.000000154. The van der Waals surface area contributed by atoms with Crippen LogP contribution in [0.4, 0.5) is 17.6 Å². The van der Waals surface area contributed by atoms with E-state index in [1.165, 1.54) is 33.5 Å². The third kappa shape index (κ3) is 22.4. The van der Waals surface area contributed by atoms with Gasteiger partial charge < -0.3 is 52.8 Å². The van der Waals surface area contributed by atoms with Crippen molar-refractivity contribution in [1.82, 2.24) is 77.1 Å². The van der Waals surface area contributed by atoms with Gasteiger partial charge in [-0.3, -0.25) is 56.7 Å². The second kappa shape index (κ2) is 47.1. The number of fused-ring (bicyclic) bond motifs is 4. The van der Waals surface area contributed by atoms with E-state index in [9.17, 15) is 36.7 Å². The maximum absolute atomic E-state index is 14.6. The summed E-state index contributed by atoms with van der Waals surface area (Å²) in [6.07, 6.45) is 20.4. The molecule has 147 heavy (non-hydrogen) atoms. The van der Waals surface area contributed by atoms with Crippen LogP contribution in [-0.4, -0.2) is 174 Å². The number of halogens is 4. The lowest BCUT2D eigenvalue weighted by molar-refractivity contribution is -0.126. The minimum absolute atomic E-state index is 0. The largest absolute Gasteiger partial charge is 0.494 e. The molecule has 20 rings (SSSR count). The highest BCUT2D eigenvalue weighted by Gasteiger charge is 2.37. The van der Waals surface area contributed by atoms with Crippen LogP contribution < -0.4 is 33.2 Å².